The predicted octanol–water partition coefficient (Wildman–Crippen LogP) is 3.57. The van der Waals surface area contributed by atoms with Crippen LogP contribution in [0, 0.1) is 5.92 Å². The van der Waals surface area contributed by atoms with Gasteiger partial charge in [0.1, 0.15) is 12.2 Å². The lowest BCUT2D eigenvalue weighted by Gasteiger charge is -2.27. The minimum atomic E-state index is 0.563. The van der Waals surface area contributed by atoms with E-state index in [1.54, 1.807) is 6.33 Å². The molecule has 1 aromatic heterocycles. The molecule has 1 N–H and O–H groups in total. The van der Waals surface area contributed by atoms with Gasteiger partial charge in [-0.25, -0.2) is 4.98 Å². The average molecular weight is 292 g/mol. The summed E-state index contributed by atoms with van der Waals surface area (Å²) in [6.07, 6.45) is 13.5. The third-order valence-electron chi connectivity index (χ3n) is 4.59. The van der Waals surface area contributed by atoms with Gasteiger partial charge >= 0.3 is 0 Å². The molecule has 120 valence electrons. The highest BCUT2D eigenvalue weighted by Gasteiger charge is 2.20. The van der Waals surface area contributed by atoms with Gasteiger partial charge in [-0.15, -0.1) is 0 Å². The fourth-order valence-electron chi connectivity index (χ4n) is 3.48. The normalized spacial score (nSPS) is 18.0. The van der Waals surface area contributed by atoms with E-state index < -0.39 is 0 Å². The quantitative estimate of drug-likeness (QED) is 0.756. The Kier molecular flexibility index (Phi) is 7.20. The zero-order valence-corrected chi connectivity index (χ0v) is 13.9. The number of hydrogen-bond acceptors (Lipinski definition) is 3. The highest BCUT2D eigenvalue weighted by atomic mass is 15.3. The highest BCUT2D eigenvalue weighted by molar-refractivity contribution is 4.91. The van der Waals surface area contributed by atoms with Gasteiger partial charge in [-0.05, 0) is 31.7 Å². The first kappa shape index (κ1) is 16.5. The van der Waals surface area contributed by atoms with Crippen molar-refractivity contribution in [2.24, 2.45) is 5.92 Å². The number of nitrogens with one attached hydrogen (secondary N) is 1. The maximum absolute atomic E-state index is 4.49. The van der Waals surface area contributed by atoms with E-state index in [0.29, 0.717) is 6.04 Å². The van der Waals surface area contributed by atoms with Crippen molar-refractivity contribution in [3.63, 3.8) is 0 Å². The minimum absolute atomic E-state index is 0.563. The zero-order valence-electron chi connectivity index (χ0n) is 13.9. The fraction of sp³-hybridized carbons (Fsp3) is 0.882. The fourth-order valence-corrected chi connectivity index (χ4v) is 3.48. The summed E-state index contributed by atoms with van der Waals surface area (Å²) in [6, 6.07) is 0.563. The first-order valence-electron chi connectivity index (χ1n) is 8.93. The first-order valence-corrected chi connectivity index (χ1v) is 8.93. The Balaban J connectivity index is 1.92. The topological polar surface area (TPSA) is 42.7 Å². The lowest BCUT2D eigenvalue weighted by atomic mass is 9.84. The van der Waals surface area contributed by atoms with Gasteiger partial charge < -0.3 is 5.32 Å². The van der Waals surface area contributed by atoms with Gasteiger partial charge in [0.15, 0.2) is 0 Å². The van der Waals surface area contributed by atoms with Crippen LogP contribution in [0.2, 0.25) is 0 Å². The smallest absolute Gasteiger partial charge is 0.138 e. The van der Waals surface area contributed by atoms with Crippen LogP contribution in [0.5, 0.6) is 0 Å². The third kappa shape index (κ3) is 5.42. The summed E-state index contributed by atoms with van der Waals surface area (Å²) in [4.78, 5) is 4.49. The van der Waals surface area contributed by atoms with Gasteiger partial charge in [-0.3, -0.25) is 4.68 Å². The first-order chi connectivity index (χ1) is 10.3. The molecule has 0 saturated heterocycles. The van der Waals surface area contributed by atoms with Crippen LogP contribution in [0.3, 0.4) is 0 Å². The molecule has 1 fully saturated rings. The lowest BCUT2D eigenvalue weighted by Crippen LogP contribution is -2.35. The largest absolute Gasteiger partial charge is 0.314 e. The lowest BCUT2D eigenvalue weighted by molar-refractivity contribution is 0.293. The van der Waals surface area contributed by atoms with Crippen molar-refractivity contribution in [1.82, 2.24) is 20.1 Å². The van der Waals surface area contributed by atoms with Gasteiger partial charge in [-0.1, -0.05) is 46.0 Å². The molecule has 0 spiro atoms. The summed E-state index contributed by atoms with van der Waals surface area (Å²) in [6.45, 7) is 6.53. The van der Waals surface area contributed by atoms with Crippen LogP contribution >= 0.6 is 0 Å². The van der Waals surface area contributed by atoms with Crippen LogP contribution in [-0.2, 0) is 13.0 Å². The van der Waals surface area contributed by atoms with Gasteiger partial charge in [0.25, 0.3) is 0 Å². The van der Waals surface area contributed by atoms with Crippen LogP contribution in [0.15, 0.2) is 6.33 Å². The van der Waals surface area contributed by atoms with Crippen molar-refractivity contribution in [2.75, 3.05) is 6.54 Å². The van der Waals surface area contributed by atoms with Crippen LogP contribution in [-0.4, -0.2) is 27.4 Å². The number of nitrogens with zero attached hydrogens (tertiary/aromatic N) is 3. The Hall–Kier alpha value is -0.900. The summed E-state index contributed by atoms with van der Waals surface area (Å²) in [7, 11) is 0. The highest BCUT2D eigenvalue weighted by Crippen LogP contribution is 2.28. The van der Waals surface area contributed by atoms with Crippen LogP contribution in [0.4, 0.5) is 0 Å². The summed E-state index contributed by atoms with van der Waals surface area (Å²) in [5.41, 5.74) is 0. The molecule has 2 rings (SSSR count). The van der Waals surface area contributed by atoms with E-state index in [9.17, 15) is 0 Å². The van der Waals surface area contributed by atoms with Gasteiger partial charge in [0.05, 0.1) is 0 Å². The number of rotatable bonds is 9. The Labute approximate surface area is 129 Å². The second-order valence-electron chi connectivity index (χ2n) is 6.49. The average Bonchev–Trinajstić information content (AvgIpc) is 2.93. The molecule has 0 aromatic carbocycles. The molecule has 4 nitrogen and oxygen atoms in total. The molecule has 1 saturated carbocycles. The van der Waals surface area contributed by atoms with E-state index >= 15 is 0 Å². The van der Waals surface area contributed by atoms with Gasteiger partial charge in [0.2, 0.25) is 0 Å². The number of aromatic nitrogens is 3. The summed E-state index contributed by atoms with van der Waals surface area (Å²) >= 11 is 0. The number of aryl methyl sites for hydroxylation is 1. The second kappa shape index (κ2) is 9.19. The van der Waals surface area contributed by atoms with Gasteiger partial charge in [-0.2, -0.15) is 5.10 Å². The standard InChI is InChI=1S/C17H32N4/c1-3-10-18-16(12-15-8-6-5-7-9-15)13-17-19-14-20-21(17)11-4-2/h14-16,18H,3-13H2,1-2H3. The monoisotopic (exact) mass is 292 g/mol. The van der Waals surface area contributed by atoms with E-state index in [-0.39, 0.29) is 0 Å². The van der Waals surface area contributed by atoms with Crippen LogP contribution < -0.4 is 5.32 Å². The van der Waals surface area contributed by atoms with Crippen molar-refractivity contribution in [3.05, 3.63) is 12.2 Å². The van der Waals surface area contributed by atoms with Crippen LogP contribution in [0.1, 0.15) is 71.0 Å². The van der Waals surface area contributed by atoms with E-state index in [0.717, 1.165) is 37.7 Å². The van der Waals surface area contributed by atoms with E-state index in [4.69, 9.17) is 0 Å². The van der Waals surface area contributed by atoms with E-state index in [1.807, 2.05) is 0 Å². The Morgan fingerprint density at radius 1 is 1.24 bits per heavy atom. The Morgan fingerprint density at radius 3 is 2.76 bits per heavy atom. The maximum Gasteiger partial charge on any atom is 0.138 e. The van der Waals surface area contributed by atoms with E-state index in [2.05, 4.69) is 33.9 Å². The molecule has 0 radical (unpaired) electrons. The Bertz CT molecular complexity index is 382. The molecule has 1 atom stereocenters. The molecule has 0 bridgehead atoms. The third-order valence-corrected chi connectivity index (χ3v) is 4.59. The molecule has 1 aliphatic rings. The molecular weight excluding hydrogens is 260 g/mol. The summed E-state index contributed by atoms with van der Waals surface area (Å²) in [5, 5.41) is 8.11. The van der Waals surface area contributed by atoms with Crippen LogP contribution in [0.25, 0.3) is 0 Å². The maximum atomic E-state index is 4.49. The molecule has 0 amide bonds. The van der Waals surface area contributed by atoms with Gasteiger partial charge in [0, 0.05) is 19.0 Å². The van der Waals surface area contributed by atoms with Crippen molar-refractivity contribution in [1.29, 1.82) is 0 Å². The van der Waals surface area contributed by atoms with Crippen molar-refractivity contribution in [3.8, 4) is 0 Å². The molecule has 1 aliphatic carbocycles. The van der Waals surface area contributed by atoms with Crippen molar-refractivity contribution >= 4 is 0 Å². The molecule has 21 heavy (non-hydrogen) atoms. The molecule has 1 aromatic rings. The molecule has 1 heterocycles. The van der Waals surface area contributed by atoms with E-state index in [1.165, 1.54) is 44.9 Å². The molecule has 1 unspecified atom stereocenters. The summed E-state index contributed by atoms with van der Waals surface area (Å²) in [5.74, 6) is 2.07. The molecule has 4 heteroatoms. The van der Waals surface area contributed by atoms with Crippen molar-refractivity contribution in [2.45, 2.75) is 84.2 Å². The summed E-state index contributed by atoms with van der Waals surface area (Å²) < 4.78 is 2.08. The number of hydrogen-bond donors (Lipinski definition) is 1. The Morgan fingerprint density at radius 2 is 2.05 bits per heavy atom. The zero-order chi connectivity index (χ0) is 14.9. The van der Waals surface area contributed by atoms with Crippen molar-refractivity contribution < 1.29 is 0 Å². The predicted molar refractivity (Wildman–Crippen MR) is 87.3 cm³/mol. The molecular formula is C17H32N4. The molecule has 0 aliphatic heterocycles. The SMILES string of the molecule is CCCNC(Cc1ncnn1CCC)CC1CCCCC1. The minimum Gasteiger partial charge on any atom is -0.314 e. The second-order valence-corrected chi connectivity index (χ2v) is 6.49.